The topological polar surface area (TPSA) is 3.24 Å². The molecule has 0 fully saturated rings. The standard InChI is InChI=1S/C23H23N/c1-4-6-20-7-5-8-23(17-20)24(21-13-9-18(2)10-14-21)22-15-11-19(3)12-16-22/h4-5,7-17H,1,6H2,2-3H3. The molecule has 24 heavy (non-hydrogen) atoms. The summed E-state index contributed by atoms with van der Waals surface area (Å²) in [5, 5.41) is 0. The van der Waals surface area contributed by atoms with E-state index in [4.69, 9.17) is 0 Å². The van der Waals surface area contributed by atoms with E-state index >= 15 is 0 Å². The Morgan fingerprint density at radius 2 is 1.29 bits per heavy atom. The van der Waals surface area contributed by atoms with Crippen molar-refractivity contribution < 1.29 is 0 Å². The van der Waals surface area contributed by atoms with Crippen LogP contribution in [-0.4, -0.2) is 0 Å². The minimum absolute atomic E-state index is 0.878. The van der Waals surface area contributed by atoms with Crippen molar-refractivity contribution in [3.05, 3.63) is 102 Å². The van der Waals surface area contributed by atoms with Crippen molar-refractivity contribution in [2.24, 2.45) is 0 Å². The Morgan fingerprint density at radius 3 is 1.79 bits per heavy atom. The fourth-order valence-corrected chi connectivity index (χ4v) is 2.82. The summed E-state index contributed by atoms with van der Waals surface area (Å²) >= 11 is 0. The molecule has 0 bridgehead atoms. The Balaban J connectivity index is 2.10. The van der Waals surface area contributed by atoms with Crippen molar-refractivity contribution in [2.45, 2.75) is 20.3 Å². The summed E-state index contributed by atoms with van der Waals surface area (Å²) in [5.74, 6) is 0. The molecule has 1 heteroatoms. The van der Waals surface area contributed by atoms with Crippen molar-refractivity contribution in [3.8, 4) is 0 Å². The lowest BCUT2D eigenvalue weighted by Crippen LogP contribution is -2.10. The van der Waals surface area contributed by atoms with Crippen molar-refractivity contribution in [3.63, 3.8) is 0 Å². The third-order valence-corrected chi connectivity index (χ3v) is 4.13. The number of aryl methyl sites for hydroxylation is 2. The van der Waals surface area contributed by atoms with Crippen molar-refractivity contribution in [2.75, 3.05) is 4.90 Å². The fourth-order valence-electron chi connectivity index (χ4n) is 2.82. The van der Waals surface area contributed by atoms with Gasteiger partial charge in [-0.2, -0.15) is 0 Å². The van der Waals surface area contributed by atoms with E-state index in [1.165, 1.54) is 33.8 Å². The van der Waals surface area contributed by atoms with Crippen LogP contribution in [0.4, 0.5) is 17.1 Å². The molecule has 120 valence electrons. The van der Waals surface area contributed by atoms with E-state index in [1.54, 1.807) is 0 Å². The van der Waals surface area contributed by atoms with Crippen LogP contribution >= 0.6 is 0 Å². The van der Waals surface area contributed by atoms with Gasteiger partial charge in [0.05, 0.1) is 0 Å². The van der Waals surface area contributed by atoms with Crippen LogP contribution in [0.15, 0.2) is 85.5 Å². The van der Waals surface area contributed by atoms with Crippen LogP contribution in [-0.2, 0) is 6.42 Å². The van der Waals surface area contributed by atoms with Gasteiger partial charge < -0.3 is 4.90 Å². The zero-order valence-electron chi connectivity index (χ0n) is 14.4. The smallest absolute Gasteiger partial charge is 0.0464 e. The number of hydrogen-bond donors (Lipinski definition) is 0. The first-order valence-electron chi connectivity index (χ1n) is 8.30. The normalized spacial score (nSPS) is 10.4. The molecule has 0 heterocycles. The van der Waals surface area contributed by atoms with E-state index in [0.29, 0.717) is 0 Å². The van der Waals surface area contributed by atoms with Gasteiger partial charge in [-0.1, -0.05) is 53.6 Å². The molecule has 0 radical (unpaired) electrons. The molecule has 0 atom stereocenters. The van der Waals surface area contributed by atoms with E-state index in [-0.39, 0.29) is 0 Å². The van der Waals surface area contributed by atoms with Gasteiger partial charge in [0.15, 0.2) is 0 Å². The second-order valence-corrected chi connectivity index (χ2v) is 6.17. The van der Waals surface area contributed by atoms with E-state index in [0.717, 1.165) is 6.42 Å². The lowest BCUT2D eigenvalue weighted by atomic mass is 10.1. The van der Waals surface area contributed by atoms with Crippen LogP contribution in [0.5, 0.6) is 0 Å². The predicted molar refractivity (Wildman–Crippen MR) is 105 cm³/mol. The molecule has 3 aromatic carbocycles. The molecule has 0 aromatic heterocycles. The third-order valence-electron chi connectivity index (χ3n) is 4.13. The van der Waals surface area contributed by atoms with Gasteiger partial charge in [-0.05, 0) is 62.2 Å². The summed E-state index contributed by atoms with van der Waals surface area (Å²) in [7, 11) is 0. The minimum Gasteiger partial charge on any atom is -0.310 e. The molecule has 0 aliphatic rings. The Morgan fingerprint density at radius 1 is 0.750 bits per heavy atom. The predicted octanol–water partition coefficient (Wildman–Crippen LogP) is 6.50. The average molecular weight is 313 g/mol. The number of anilines is 3. The molecule has 1 nitrogen and oxygen atoms in total. The van der Waals surface area contributed by atoms with Crippen molar-refractivity contribution in [1.29, 1.82) is 0 Å². The summed E-state index contributed by atoms with van der Waals surface area (Å²) < 4.78 is 0. The Bertz CT molecular complexity index is 768. The highest BCUT2D eigenvalue weighted by Gasteiger charge is 2.12. The Hall–Kier alpha value is -2.80. The van der Waals surface area contributed by atoms with Crippen LogP contribution in [0.2, 0.25) is 0 Å². The molecule has 0 aliphatic heterocycles. The van der Waals surface area contributed by atoms with Crippen LogP contribution in [0.3, 0.4) is 0 Å². The van der Waals surface area contributed by atoms with Gasteiger partial charge in [-0.15, -0.1) is 6.58 Å². The Labute approximate surface area is 144 Å². The summed E-state index contributed by atoms with van der Waals surface area (Å²) in [4.78, 5) is 2.30. The monoisotopic (exact) mass is 313 g/mol. The zero-order valence-corrected chi connectivity index (χ0v) is 14.4. The highest BCUT2D eigenvalue weighted by atomic mass is 15.1. The molecule has 0 saturated carbocycles. The van der Waals surface area contributed by atoms with Gasteiger partial charge in [-0.25, -0.2) is 0 Å². The SMILES string of the molecule is C=CCc1cccc(N(c2ccc(C)cc2)c2ccc(C)cc2)c1. The average Bonchev–Trinajstić information content (AvgIpc) is 2.59. The zero-order chi connectivity index (χ0) is 16.9. The molecule has 0 amide bonds. The van der Waals surface area contributed by atoms with Crippen LogP contribution < -0.4 is 4.90 Å². The highest BCUT2D eigenvalue weighted by Crippen LogP contribution is 2.35. The van der Waals surface area contributed by atoms with Gasteiger partial charge in [0.25, 0.3) is 0 Å². The summed E-state index contributed by atoms with van der Waals surface area (Å²) in [6.45, 7) is 8.08. The molecule has 3 rings (SSSR count). The van der Waals surface area contributed by atoms with Gasteiger partial charge in [0.2, 0.25) is 0 Å². The summed E-state index contributed by atoms with van der Waals surface area (Å²) in [6.07, 6.45) is 2.82. The van der Waals surface area contributed by atoms with E-state index < -0.39 is 0 Å². The largest absolute Gasteiger partial charge is 0.310 e. The summed E-state index contributed by atoms with van der Waals surface area (Å²) in [5.41, 5.74) is 7.31. The first kappa shape index (κ1) is 16.1. The minimum atomic E-state index is 0.878. The number of allylic oxidation sites excluding steroid dienone is 1. The maximum Gasteiger partial charge on any atom is 0.0464 e. The van der Waals surface area contributed by atoms with E-state index in [2.05, 4.69) is 98.1 Å². The first-order valence-corrected chi connectivity index (χ1v) is 8.30. The molecule has 3 aromatic rings. The van der Waals surface area contributed by atoms with Gasteiger partial charge in [0.1, 0.15) is 0 Å². The van der Waals surface area contributed by atoms with E-state index in [1.807, 2.05) is 6.08 Å². The molecule has 0 aliphatic carbocycles. The number of hydrogen-bond acceptors (Lipinski definition) is 1. The molecule has 0 unspecified atom stereocenters. The quantitative estimate of drug-likeness (QED) is 0.486. The molecule has 0 saturated heterocycles. The number of benzene rings is 3. The number of rotatable bonds is 5. The molecule has 0 N–H and O–H groups in total. The fraction of sp³-hybridized carbons (Fsp3) is 0.130. The van der Waals surface area contributed by atoms with Gasteiger partial charge in [-0.3, -0.25) is 0 Å². The van der Waals surface area contributed by atoms with E-state index in [9.17, 15) is 0 Å². The highest BCUT2D eigenvalue weighted by molar-refractivity contribution is 5.76. The first-order chi connectivity index (χ1) is 11.7. The molecule has 0 spiro atoms. The second-order valence-electron chi connectivity index (χ2n) is 6.17. The third kappa shape index (κ3) is 3.57. The maximum absolute atomic E-state index is 3.85. The maximum atomic E-state index is 3.85. The van der Waals surface area contributed by atoms with Crippen molar-refractivity contribution >= 4 is 17.1 Å². The number of nitrogens with zero attached hydrogens (tertiary/aromatic N) is 1. The van der Waals surface area contributed by atoms with Crippen molar-refractivity contribution in [1.82, 2.24) is 0 Å². The molecular formula is C23H23N. The Kier molecular flexibility index (Phi) is 4.81. The second kappa shape index (κ2) is 7.18. The molecular weight excluding hydrogens is 290 g/mol. The van der Waals surface area contributed by atoms with Gasteiger partial charge >= 0.3 is 0 Å². The van der Waals surface area contributed by atoms with Gasteiger partial charge in [0, 0.05) is 17.1 Å². The van der Waals surface area contributed by atoms with Crippen LogP contribution in [0.1, 0.15) is 16.7 Å². The lowest BCUT2D eigenvalue weighted by molar-refractivity contribution is 1.23. The van der Waals surface area contributed by atoms with Crippen LogP contribution in [0, 0.1) is 13.8 Å². The summed E-state index contributed by atoms with van der Waals surface area (Å²) in [6, 6.07) is 26.0. The van der Waals surface area contributed by atoms with Crippen LogP contribution in [0.25, 0.3) is 0 Å². The lowest BCUT2D eigenvalue weighted by Gasteiger charge is -2.26.